The molecule has 0 aromatic carbocycles. The van der Waals surface area contributed by atoms with Crippen LogP contribution in [0.2, 0.25) is 0 Å². The molecule has 0 radical (unpaired) electrons. The lowest BCUT2D eigenvalue weighted by Gasteiger charge is -2.48. The van der Waals surface area contributed by atoms with Crippen molar-refractivity contribution in [1.29, 1.82) is 0 Å². The lowest BCUT2D eigenvalue weighted by molar-refractivity contribution is -0.167. The normalized spacial score (nSPS) is 34.2. The van der Waals surface area contributed by atoms with Gasteiger partial charge in [-0.3, -0.25) is 9.59 Å². The van der Waals surface area contributed by atoms with E-state index in [9.17, 15) is 14.7 Å². The van der Waals surface area contributed by atoms with Crippen LogP contribution in [0.4, 0.5) is 0 Å². The first-order valence-corrected chi connectivity index (χ1v) is 6.75. The predicted molar refractivity (Wildman–Crippen MR) is 62.7 cm³/mol. The van der Waals surface area contributed by atoms with E-state index >= 15 is 0 Å². The summed E-state index contributed by atoms with van der Waals surface area (Å²) in [6.45, 7) is 0.804. The third kappa shape index (κ3) is 1.81. The fourth-order valence-electron chi connectivity index (χ4n) is 3.44. The summed E-state index contributed by atoms with van der Waals surface area (Å²) in [4.78, 5) is 24.9. The molecule has 3 aliphatic rings. The van der Waals surface area contributed by atoms with Crippen LogP contribution in [-0.4, -0.2) is 45.7 Å². The van der Waals surface area contributed by atoms with Crippen LogP contribution < -0.4 is 0 Å². The predicted octanol–water partition coefficient (Wildman–Crippen LogP) is 0.471. The van der Waals surface area contributed by atoms with Crippen molar-refractivity contribution in [1.82, 2.24) is 4.90 Å². The Bertz CT molecular complexity index is 384. The summed E-state index contributed by atoms with van der Waals surface area (Å²) in [6, 6.07) is 0. The molecule has 3 rings (SSSR count). The number of carboxylic acid groups (broad SMARTS) is 1. The molecule has 0 bridgehead atoms. The van der Waals surface area contributed by atoms with Crippen LogP contribution in [0.5, 0.6) is 0 Å². The molecule has 5 heteroatoms. The number of aliphatic hydroxyl groups is 1. The molecule has 0 aromatic heterocycles. The minimum Gasteiger partial charge on any atom is -0.481 e. The number of likely N-dealkylation sites (tertiary alicyclic amines) is 1. The molecule has 1 aliphatic heterocycles. The average molecular weight is 253 g/mol. The van der Waals surface area contributed by atoms with Gasteiger partial charge in [-0.2, -0.15) is 0 Å². The van der Waals surface area contributed by atoms with Crippen molar-refractivity contribution in [3.8, 4) is 0 Å². The van der Waals surface area contributed by atoms with Crippen molar-refractivity contribution >= 4 is 11.9 Å². The van der Waals surface area contributed by atoms with Crippen molar-refractivity contribution in [2.75, 3.05) is 13.1 Å². The second kappa shape index (κ2) is 3.95. The van der Waals surface area contributed by atoms with Crippen molar-refractivity contribution in [2.24, 2.45) is 17.8 Å². The number of carbonyl (C=O) groups excluding carboxylic acids is 1. The highest BCUT2D eigenvalue weighted by atomic mass is 16.4. The Balaban J connectivity index is 1.60. The Morgan fingerprint density at radius 2 is 1.67 bits per heavy atom. The van der Waals surface area contributed by atoms with Crippen molar-refractivity contribution < 1.29 is 19.8 Å². The number of carbonyl (C=O) groups is 2. The summed E-state index contributed by atoms with van der Waals surface area (Å²) in [7, 11) is 0. The zero-order valence-corrected chi connectivity index (χ0v) is 10.3. The molecular formula is C13H19NO4. The van der Waals surface area contributed by atoms with E-state index in [1.54, 1.807) is 4.90 Å². The summed E-state index contributed by atoms with van der Waals surface area (Å²) in [5.74, 6) is -1.45. The van der Waals surface area contributed by atoms with Crippen molar-refractivity contribution in [3.63, 3.8) is 0 Å². The minimum atomic E-state index is -0.858. The average Bonchev–Trinajstić information content (AvgIpc) is 3.01. The Kier molecular flexibility index (Phi) is 2.62. The molecule has 1 heterocycles. The molecule has 2 aliphatic carbocycles. The fourth-order valence-corrected chi connectivity index (χ4v) is 3.44. The first kappa shape index (κ1) is 12.0. The van der Waals surface area contributed by atoms with Crippen LogP contribution >= 0.6 is 0 Å². The highest BCUT2D eigenvalue weighted by molar-refractivity contribution is 5.86. The first-order valence-electron chi connectivity index (χ1n) is 6.75. The number of hydrogen-bond donors (Lipinski definition) is 2. The van der Waals surface area contributed by atoms with Crippen LogP contribution in [0.1, 0.15) is 32.1 Å². The number of carboxylic acids is 1. The van der Waals surface area contributed by atoms with E-state index in [2.05, 4.69) is 0 Å². The van der Waals surface area contributed by atoms with Crippen molar-refractivity contribution in [2.45, 2.75) is 37.7 Å². The Hall–Kier alpha value is -1.10. The molecule has 2 unspecified atom stereocenters. The van der Waals surface area contributed by atoms with Gasteiger partial charge in [-0.05, 0) is 31.6 Å². The zero-order chi connectivity index (χ0) is 12.9. The largest absolute Gasteiger partial charge is 0.481 e. The lowest BCUT2D eigenvalue weighted by atomic mass is 9.85. The molecule has 0 aromatic rings. The molecule has 1 saturated heterocycles. The Morgan fingerprint density at radius 1 is 1.06 bits per heavy atom. The van der Waals surface area contributed by atoms with Gasteiger partial charge in [0, 0.05) is 0 Å². The van der Waals surface area contributed by atoms with E-state index in [0.717, 1.165) is 19.3 Å². The summed E-state index contributed by atoms with van der Waals surface area (Å²) >= 11 is 0. The maximum absolute atomic E-state index is 12.2. The van der Waals surface area contributed by atoms with Gasteiger partial charge in [0.1, 0.15) is 5.60 Å². The number of nitrogens with zero attached hydrogens (tertiary/aromatic N) is 1. The molecule has 2 saturated carbocycles. The van der Waals surface area contributed by atoms with E-state index < -0.39 is 17.5 Å². The van der Waals surface area contributed by atoms with Crippen molar-refractivity contribution in [3.05, 3.63) is 0 Å². The smallest absolute Gasteiger partial charge is 0.307 e. The molecule has 1 amide bonds. The van der Waals surface area contributed by atoms with Gasteiger partial charge in [-0.1, -0.05) is 6.42 Å². The van der Waals surface area contributed by atoms with Gasteiger partial charge < -0.3 is 15.1 Å². The molecule has 2 N–H and O–H groups in total. The van der Waals surface area contributed by atoms with Gasteiger partial charge in [-0.15, -0.1) is 0 Å². The maximum Gasteiger partial charge on any atom is 0.307 e. The number of rotatable bonds is 3. The summed E-state index contributed by atoms with van der Waals surface area (Å²) in [5.41, 5.74) is -0.674. The van der Waals surface area contributed by atoms with Crippen LogP contribution in [0.15, 0.2) is 0 Å². The Morgan fingerprint density at radius 3 is 2.22 bits per heavy atom. The highest BCUT2D eigenvalue weighted by Gasteiger charge is 2.54. The van der Waals surface area contributed by atoms with Gasteiger partial charge >= 0.3 is 5.97 Å². The van der Waals surface area contributed by atoms with Gasteiger partial charge in [0.15, 0.2) is 0 Å². The second-order valence-corrected chi connectivity index (χ2v) is 6.05. The minimum absolute atomic E-state index is 0.0646. The molecule has 18 heavy (non-hydrogen) atoms. The van der Waals surface area contributed by atoms with E-state index in [0.29, 0.717) is 31.8 Å². The fraction of sp³-hybridized carbons (Fsp3) is 0.846. The SMILES string of the molecule is O=C(O)C1CCCC1C(=O)N1CC(O)(C2CC2)C1. The van der Waals surface area contributed by atoms with E-state index in [1.807, 2.05) is 0 Å². The highest BCUT2D eigenvalue weighted by Crippen LogP contribution is 2.45. The summed E-state index contributed by atoms with van der Waals surface area (Å²) in [6.07, 6.45) is 4.20. The summed E-state index contributed by atoms with van der Waals surface area (Å²) in [5, 5.41) is 19.3. The van der Waals surface area contributed by atoms with Crippen LogP contribution in [0.3, 0.4) is 0 Å². The second-order valence-electron chi connectivity index (χ2n) is 6.05. The van der Waals surface area contributed by atoms with Gasteiger partial charge in [-0.25, -0.2) is 0 Å². The van der Waals surface area contributed by atoms with Crippen LogP contribution in [0.25, 0.3) is 0 Å². The number of aliphatic carboxylic acids is 1. The van der Waals surface area contributed by atoms with E-state index in [-0.39, 0.29) is 11.8 Å². The zero-order valence-electron chi connectivity index (χ0n) is 10.3. The molecule has 0 spiro atoms. The Labute approximate surface area is 106 Å². The van der Waals surface area contributed by atoms with Gasteiger partial charge in [0.25, 0.3) is 0 Å². The lowest BCUT2D eigenvalue weighted by Crippen LogP contribution is -2.65. The number of hydrogen-bond acceptors (Lipinski definition) is 3. The quantitative estimate of drug-likeness (QED) is 0.766. The number of β-amino-alcohol motifs (C(OH)–C–C–N with tert-alkyl or cyclic N) is 1. The topological polar surface area (TPSA) is 77.8 Å². The monoisotopic (exact) mass is 253 g/mol. The molecular weight excluding hydrogens is 234 g/mol. The van der Waals surface area contributed by atoms with Crippen LogP contribution in [-0.2, 0) is 9.59 Å². The molecule has 2 atom stereocenters. The molecule has 100 valence electrons. The maximum atomic E-state index is 12.2. The standard InChI is InChI=1S/C13H19NO4/c15-11(9-2-1-3-10(9)12(16)17)14-6-13(18,7-14)8-4-5-8/h8-10,18H,1-7H2,(H,16,17). The molecule has 3 fully saturated rings. The van der Waals surface area contributed by atoms with E-state index in [1.165, 1.54) is 0 Å². The third-order valence-corrected chi connectivity index (χ3v) is 4.73. The van der Waals surface area contributed by atoms with Gasteiger partial charge in [0.05, 0.1) is 24.9 Å². The van der Waals surface area contributed by atoms with Crippen LogP contribution in [0, 0.1) is 17.8 Å². The molecule has 5 nitrogen and oxygen atoms in total. The summed E-state index contributed by atoms with van der Waals surface area (Å²) < 4.78 is 0. The van der Waals surface area contributed by atoms with E-state index in [4.69, 9.17) is 5.11 Å². The van der Waals surface area contributed by atoms with Gasteiger partial charge in [0.2, 0.25) is 5.91 Å². The number of amides is 1. The third-order valence-electron chi connectivity index (χ3n) is 4.73. The first-order chi connectivity index (χ1) is 8.51.